The summed E-state index contributed by atoms with van der Waals surface area (Å²) < 4.78 is 52.5. The van der Waals surface area contributed by atoms with Crippen molar-refractivity contribution in [3.8, 4) is 17.2 Å². The molecule has 0 radical (unpaired) electrons. The SMILES string of the molecule is COc1cc([C@@H](N)C(F)(F)F)cc2c1OCO2. The minimum absolute atomic E-state index is 0.0452. The molecule has 17 heavy (non-hydrogen) atoms. The summed E-state index contributed by atoms with van der Waals surface area (Å²) in [7, 11) is 1.33. The summed E-state index contributed by atoms with van der Waals surface area (Å²) in [6.07, 6.45) is -4.52. The second-order valence-corrected chi connectivity index (χ2v) is 3.48. The molecule has 1 aliphatic rings. The summed E-state index contributed by atoms with van der Waals surface area (Å²) in [5, 5.41) is 0. The highest BCUT2D eigenvalue weighted by Crippen LogP contribution is 2.44. The molecule has 7 heteroatoms. The smallest absolute Gasteiger partial charge is 0.407 e. The molecule has 4 nitrogen and oxygen atoms in total. The summed E-state index contributed by atoms with van der Waals surface area (Å²) >= 11 is 0. The van der Waals surface area contributed by atoms with Crippen molar-refractivity contribution in [3.63, 3.8) is 0 Å². The molecule has 1 aromatic carbocycles. The van der Waals surface area contributed by atoms with E-state index in [-0.39, 0.29) is 23.9 Å². The van der Waals surface area contributed by atoms with Crippen molar-refractivity contribution in [2.24, 2.45) is 5.73 Å². The quantitative estimate of drug-likeness (QED) is 0.870. The van der Waals surface area contributed by atoms with Crippen LogP contribution in [-0.4, -0.2) is 20.1 Å². The average Bonchev–Trinajstić information content (AvgIpc) is 2.73. The Bertz CT molecular complexity index is 434. The van der Waals surface area contributed by atoms with Gasteiger partial charge >= 0.3 is 6.18 Å². The highest BCUT2D eigenvalue weighted by molar-refractivity contribution is 5.55. The molecule has 0 unspecified atom stereocenters. The Balaban J connectivity index is 2.43. The maximum atomic E-state index is 12.5. The Morgan fingerprint density at radius 2 is 2.06 bits per heavy atom. The number of fused-ring (bicyclic) bond motifs is 1. The van der Waals surface area contributed by atoms with Gasteiger partial charge in [0.25, 0.3) is 0 Å². The zero-order valence-corrected chi connectivity index (χ0v) is 8.88. The number of ether oxygens (including phenoxy) is 3. The number of hydrogen-bond donors (Lipinski definition) is 1. The lowest BCUT2D eigenvalue weighted by Gasteiger charge is -2.17. The van der Waals surface area contributed by atoms with Gasteiger partial charge in [0.05, 0.1) is 7.11 Å². The molecule has 2 rings (SSSR count). The average molecular weight is 249 g/mol. The first-order chi connectivity index (χ1) is 7.93. The fraction of sp³-hybridized carbons (Fsp3) is 0.400. The lowest BCUT2D eigenvalue weighted by Crippen LogP contribution is -2.28. The maximum absolute atomic E-state index is 12.5. The molecule has 1 atom stereocenters. The van der Waals surface area contributed by atoms with E-state index in [1.807, 2.05) is 0 Å². The van der Waals surface area contributed by atoms with Gasteiger partial charge in [0.1, 0.15) is 6.04 Å². The topological polar surface area (TPSA) is 53.7 Å². The van der Waals surface area contributed by atoms with E-state index in [2.05, 4.69) is 0 Å². The van der Waals surface area contributed by atoms with Crippen molar-refractivity contribution in [2.75, 3.05) is 13.9 Å². The minimum Gasteiger partial charge on any atom is -0.493 e. The third kappa shape index (κ3) is 2.10. The van der Waals surface area contributed by atoms with Crippen LogP contribution >= 0.6 is 0 Å². The van der Waals surface area contributed by atoms with Crippen LogP contribution in [0.15, 0.2) is 12.1 Å². The third-order valence-electron chi connectivity index (χ3n) is 2.39. The van der Waals surface area contributed by atoms with Gasteiger partial charge in [0, 0.05) is 0 Å². The van der Waals surface area contributed by atoms with Crippen molar-refractivity contribution in [1.82, 2.24) is 0 Å². The van der Waals surface area contributed by atoms with Gasteiger partial charge in [0.2, 0.25) is 12.5 Å². The van der Waals surface area contributed by atoms with E-state index in [9.17, 15) is 13.2 Å². The third-order valence-corrected chi connectivity index (χ3v) is 2.39. The second-order valence-electron chi connectivity index (χ2n) is 3.48. The van der Waals surface area contributed by atoms with Crippen molar-refractivity contribution >= 4 is 0 Å². The first kappa shape index (κ1) is 11.8. The number of alkyl halides is 3. The largest absolute Gasteiger partial charge is 0.493 e. The predicted molar refractivity (Wildman–Crippen MR) is 52.1 cm³/mol. The van der Waals surface area contributed by atoms with Gasteiger partial charge in [-0.3, -0.25) is 0 Å². The van der Waals surface area contributed by atoms with E-state index >= 15 is 0 Å². The Kier molecular flexibility index (Phi) is 2.78. The van der Waals surface area contributed by atoms with Gasteiger partial charge in [-0.15, -0.1) is 0 Å². The highest BCUT2D eigenvalue weighted by atomic mass is 19.4. The van der Waals surface area contributed by atoms with Crippen LogP contribution in [0, 0.1) is 0 Å². The van der Waals surface area contributed by atoms with E-state index < -0.39 is 12.2 Å². The Morgan fingerprint density at radius 1 is 1.35 bits per heavy atom. The molecule has 0 spiro atoms. The van der Waals surface area contributed by atoms with E-state index in [4.69, 9.17) is 19.9 Å². The molecule has 1 aromatic rings. The summed E-state index contributed by atoms with van der Waals surface area (Å²) in [4.78, 5) is 0. The van der Waals surface area contributed by atoms with E-state index in [0.29, 0.717) is 5.75 Å². The van der Waals surface area contributed by atoms with Crippen LogP contribution < -0.4 is 19.9 Å². The molecule has 0 aromatic heterocycles. The summed E-state index contributed by atoms with van der Waals surface area (Å²) in [6.45, 7) is -0.0452. The molecule has 0 aliphatic carbocycles. The van der Waals surface area contributed by atoms with Crippen LogP contribution in [0.3, 0.4) is 0 Å². The normalized spacial score (nSPS) is 15.8. The van der Waals surface area contributed by atoms with Crippen molar-refractivity contribution in [3.05, 3.63) is 17.7 Å². The number of rotatable bonds is 2. The number of halogens is 3. The van der Waals surface area contributed by atoms with Crippen LogP contribution in [0.5, 0.6) is 17.2 Å². The van der Waals surface area contributed by atoms with Gasteiger partial charge in [-0.25, -0.2) is 0 Å². The van der Waals surface area contributed by atoms with Crippen LogP contribution in [0.25, 0.3) is 0 Å². The van der Waals surface area contributed by atoms with E-state index in [1.54, 1.807) is 0 Å². The van der Waals surface area contributed by atoms with Crippen molar-refractivity contribution < 1.29 is 27.4 Å². The molecule has 1 heterocycles. The monoisotopic (exact) mass is 249 g/mol. The molecule has 1 aliphatic heterocycles. The number of nitrogens with two attached hydrogens (primary N) is 1. The van der Waals surface area contributed by atoms with Crippen LogP contribution in [0.2, 0.25) is 0 Å². The number of methoxy groups -OCH3 is 1. The number of benzene rings is 1. The Labute approximate surface area is 95.1 Å². The molecule has 0 saturated heterocycles. The van der Waals surface area contributed by atoms with Gasteiger partial charge in [-0.05, 0) is 17.7 Å². The standard InChI is InChI=1S/C10H10F3NO3/c1-15-6-2-5(9(14)10(11,12)13)3-7-8(6)17-4-16-7/h2-3,9H,4,14H2,1H3/t9-/m1/s1. The van der Waals surface area contributed by atoms with Crippen LogP contribution in [-0.2, 0) is 0 Å². The minimum atomic E-state index is -4.52. The lowest BCUT2D eigenvalue weighted by atomic mass is 10.1. The van der Waals surface area contributed by atoms with Gasteiger partial charge in [0.15, 0.2) is 11.5 Å². The number of hydrogen-bond acceptors (Lipinski definition) is 4. The van der Waals surface area contributed by atoms with Gasteiger partial charge in [-0.1, -0.05) is 0 Å². The van der Waals surface area contributed by atoms with Crippen molar-refractivity contribution in [2.45, 2.75) is 12.2 Å². The van der Waals surface area contributed by atoms with Gasteiger partial charge in [-0.2, -0.15) is 13.2 Å². The maximum Gasteiger partial charge on any atom is 0.407 e. The van der Waals surface area contributed by atoms with E-state index in [1.165, 1.54) is 19.2 Å². The molecule has 2 N–H and O–H groups in total. The fourth-order valence-electron chi connectivity index (χ4n) is 1.52. The zero-order chi connectivity index (χ0) is 12.6. The zero-order valence-electron chi connectivity index (χ0n) is 8.88. The molecule has 0 saturated carbocycles. The fourth-order valence-corrected chi connectivity index (χ4v) is 1.52. The Hall–Kier alpha value is -1.63. The highest BCUT2D eigenvalue weighted by Gasteiger charge is 2.39. The molecule has 94 valence electrons. The second kappa shape index (κ2) is 3.99. The molecule has 0 bridgehead atoms. The predicted octanol–water partition coefficient (Wildman–Crippen LogP) is 1.99. The summed E-state index contributed by atoms with van der Waals surface area (Å²) in [5.74, 6) is 0.680. The summed E-state index contributed by atoms with van der Waals surface area (Å²) in [5.41, 5.74) is 4.99. The lowest BCUT2D eigenvalue weighted by molar-refractivity contribution is -0.149. The van der Waals surface area contributed by atoms with Crippen LogP contribution in [0.1, 0.15) is 11.6 Å². The summed E-state index contributed by atoms with van der Waals surface area (Å²) in [6, 6.07) is 0.334. The first-order valence-corrected chi connectivity index (χ1v) is 4.73. The van der Waals surface area contributed by atoms with Crippen LogP contribution in [0.4, 0.5) is 13.2 Å². The molecule has 0 fully saturated rings. The molecular formula is C10H10F3NO3. The Morgan fingerprint density at radius 3 is 2.65 bits per heavy atom. The van der Waals surface area contributed by atoms with Crippen molar-refractivity contribution in [1.29, 1.82) is 0 Å². The molecule has 0 amide bonds. The molecular weight excluding hydrogens is 239 g/mol. The van der Waals surface area contributed by atoms with Gasteiger partial charge < -0.3 is 19.9 Å². The van der Waals surface area contributed by atoms with E-state index in [0.717, 1.165) is 0 Å². The first-order valence-electron chi connectivity index (χ1n) is 4.73.